The van der Waals surface area contributed by atoms with Gasteiger partial charge in [-0.2, -0.15) is 5.10 Å². The second-order valence-corrected chi connectivity index (χ2v) is 10.1. The number of para-hydroxylation sites is 1. The fraction of sp³-hybridized carbons (Fsp3) is 0.357. The smallest absolute Gasteiger partial charge is 0.159 e. The van der Waals surface area contributed by atoms with Crippen LogP contribution in [0.2, 0.25) is 0 Å². The van der Waals surface area contributed by atoms with E-state index in [1.54, 1.807) is 0 Å². The van der Waals surface area contributed by atoms with E-state index in [4.69, 9.17) is 9.97 Å². The SMILES string of the molecule is c1cc(N2CCCCC2)c2nc(-c3n[nH]c4cnc(-c5cncc(CN6CCCC6)c5)cc34)[nH]c2c1. The number of H-pyrrole nitrogens is 2. The van der Waals surface area contributed by atoms with Crippen molar-refractivity contribution in [3.05, 3.63) is 54.5 Å². The Balaban J connectivity index is 1.25. The third-order valence-corrected chi connectivity index (χ3v) is 7.56. The van der Waals surface area contributed by atoms with Crippen molar-refractivity contribution in [2.45, 2.75) is 38.6 Å². The number of pyridine rings is 2. The van der Waals surface area contributed by atoms with Crippen LogP contribution in [-0.4, -0.2) is 61.2 Å². The molecular weight excluding hydrogens is 448 g/mol. The molecule has 2 N–H and O–H groups in total. The number of aromatic amines is 2. The number of nitrogens with zero attached hydrogens (tertiary/aromatic N) is 6. The normalized spacial score (nSPS) is 16.9. The van der Waals surface area contributed by atoms with Crippen molar-refractivity contribution >= 4 is 27.6 Å². The summed E-state index contributed by atoms with van der Waals surface area (Å²) in [6.07, 6.45) is 12.1. The maximum absolute atomic E-state index is 5.04. The van der Waals surface area contributed by atoms with Gasteiger partial charge >= 0.3 is 0 Å². The summed E-state index contributed by atoms with van der Waals surface area (Å²) in [5.74, 6) is 0.777. The molecule has 2 aliphatic rings. The monoisotopic (exact) mass is 478 g/mol. The molecule has 8 heteroatoms. The van der Waals surface area contributed by atoms with Gasteiger partial charge in [-0.3, -0.25) is 20.0 Å². The van der Waals surface area contributed by atoms with E-state index in [9.17, 15) is 0 Å². The number of rotatable bonds is 5. The Kier molecular flexibility index (Phi) is 5.39. The lowest BCUT2D eigenvalue weighted by atomic mass is 10.1. The van der Waals surface area contributed by atoms with E-state index in [1.807, 2.05) is 18.6 Å². The van der Waals surface area contributed by atoms with Gasteiger partial charge in [-0.15, -0.1) is 0 Å². The van der Waals surface area contributed by atoms with Gasteiger partial charge in [0.05, 0.1) is 28.6 Å². The maximum Gasteiger partial charge on any atom is 0.159 e. The third kappa shape index (κ3) is 3.91. The molecule has 182 valence electrons. The molecule has 0 unspecified atom stereocenters. The zero-order valence-electron chi connectivity index (χ0n) is 20.4. The first kappa shape index (κ1) is 21.5. The summed E-state index contributed by atoms with van der Waals surface area (Å²) in [5.41, 5.74) is 8.12. The highest BCUT2D eigenvalue weighted by Crippen LogP contribution is 2.33. The van der Waals surface area contributed by atoms with Gasteiger partial charge in [0.2, 0.25) is 0 Å². The zero-order chi connectivity index (χ0) is 23.9. The number of likely N-dealkylation sites (tertiary alicyclic amines) is 1. The van der Waals surface area contributed by atoms with Crippen molar-refractivity contribution in [3.63, 3.8) is 0 Å². The van der Waals surface area contributed by atoms with Gasteiger partial charge in [-0.1, -0.05) is 6.07 Å². The average Bonchev–Trinajstić information content (AvgIpc) is 3.68. The van der Waals surface area contributed by atoms with Crippen LogP contribution in [0.15, 0.2) is 48.9 Å². The van der Waals surface area contributed by atoms with Crippen LogP contribution in [0.4, 0.5) is 5.69 Å². The Morgan fingerprint density at radius 2 is 1.72 bits per heavy atom. The molecule has 36 heavy (non-hydrogen) atoms. The predicted molar refractivity (Wildman–Crippen MR) is 143 cm³/mol. The van der Waals surface area contributed by atoms with E-state index in [0.717, 1.165) is 64.3 Å². The minimum atomic E-state index is 0.777. The predicted octanol–water partition coefficient (Wildman–Crippen LogP) is 5.15. The van der Waals surface area contributed by atoms with Crippen LogP contribution in [0.5, 0.6) is 0 Å². The molecule has 0 saturated carbocycles. The highest BCUT2D eigenvalue weighted by atomic mass is 15.2. The minimum absolute atomic E-state index is 0.777. The summed E-state index contributed by atoms with van der Waals surface area (Å²) in [6, 6.07) is 10.7. The van der Waals surface area contributed by atoms with Gasteiger partial charge in [0, 0.05) is 43.0 Å². The van der Waals surface area contributed by atoms with Crippen molar-refractivity contribution in [1.82, 2.24) is 35.0 Å². The molecule has 4 aromatic heterocycles. The molecule has 0 atom stereocenters. The number of hydrogen-bond acceptors (Lipinski definition) is 6. The van der Waals surface area contributed by atoms with Crippen LogP contribution in [0, 0.1) is 0 Å². The summed E-state index contributed by atoms with van der Waals surface area (Å²) in [6.45, 7) is 5.46. The van der Waals surface area contributed by atoms with E-state index in [1.165, 1.54) is 56.4 Å². The minimum Gasteiger partial charge on any atom is -0.370 e. The first-order valence-electron chi connectivity index (χ1n) is 13.1. The van der Waals surface area contributed by atoms with Crippen LogP contribution in [0.1, 0.15) is 37.7 Å². The van der Waals surface area contributed by atoms with Gasteiger partial charge < -0.3 is 9.88 Å². The van der Waals surface area contributed by atoms with E-state index in [0.29, 0.717) is 0 Å². The van der Waals surface area contributed by atoms with Crippen molar-refractivity contribution in [2.24, 2.45) is 0 Å². The summed E-state index contributed by atoms with van der Waals surface area (Å²) in [5, 5.41) is 8.77. The van der Waals surface area contributed by atoms with Gasteiger partial charge in [-0.05, 0) is 75.0 Å². The Morgan fingerprint density at radius 3 is 2.61 bits per heavy atom. The summed E-state index contributed by atoms with van der Waals surface area (Å²) < 4.78 is 0. The second-order valence-electron chi connectivity index (χ2n) is 10.1. The molecule has 2 saturated heterocycles. The molecule has 2 aliphatic heterocycles. The van der Waals surface area contributed by atoms with Gasteiger partial charge in [0.1, 0.15) is 11.2 Å². The van der Waals surface area contributed by atoms with Crippen LogP contribution >= 0.6 is 0 Å². The summed E-state index contributed by atoms with van der Waals surface area (Å²) in [7, 11) is 0. The molecule has 7 rings (SSSR count). The first-order valence-corrected chi connectivity index (χ1v) is 13.1. The topological polar surface area (TPSA) is 89.6 Å². The van der Waals surface area contributed by atoms with Crippen LogP contribution in [-0.2, 0) is 6.54 Å². The lowest BCUT2D eigenvalue weighted by Crippen LogP contribution is -2.29. The zero-order valence-corrected chi connectivity index (χ0v) is 20.4. The standard InChI is InChI=1S/C28H30N8/c1-2-11-36(12-3-1)25-8-6-7-22-27(25)32-28(31-22)26-21-14-23(30-17-24(21)33-34-26)20-13-19(15-29-16-20)18-35-9-4-5-10-35/h6-8,13-17H,1-5,9-12,18H2,(H,31,32)(H,33,34). The fourth-order valence-electron chi connectivity index (χ4n) is 5.69. The molecule has 5 aromatic rings. The van der Waals surface area contributed by atoms with E-state index in [-0.39, 0.29) is 0 Å². The van der Waals surface area contributed by atoms with Crippen molar-refractivity contribution in [3.8, 4) is 22.8 Å². The first-order chi connectivity index (χ1) is 17.8. The van der Waals surface area contributed by atoms with Gasteiger partial charge in [-0.25, -0.2) is 4.98 Å². The number of benzene rings is 1. The number of fused-ring (bicyclic) bond motifs is 2. The molecule has 8 nitrogen and oxygen atoms in total. The molecule has 6 heterocycles. The number of imidazole rings is 1. The lowest BCUT2D eigenvalue weighted by molar-refractivity contribution is 0.331. The molecule has 2 fully saturated rings. The summed E-state index contributed by atoms with van der Waals surface area (Å²) in [4.78, 5) is 22.7. The molecule has 0 amide bonds. The molecule has 1 aromatic carbocycles. The highest BCUT2D eigenvalue weighted by Gasteiger charge is 2.19. The van der Waals surface area contributed by atoms with Crippen LogP contribution in [0.3, 0.4) is 0 Å². The Labute approximate surface area is 209 Å². The molecular formula is C28H30N8. The number of nitrogens with one attached hydrogen (secondary N) is 2. The van der Waals surface area contributed by atoms with Gasteiger partial charge in [0.15, 0.2) is 5.82 Å². The molecule has 0 radical (unpaired) electrons. The quantitative estimate of drug-likeness (QED) is 0.363. The largest absolute Gasteiger partial charge is 0.370 e. The molecule has 0 spiro atoms. The Hall–Kier alpha value is -3.78. The Morgan fingerprint density at radius 1 is 0.861 bits per heavy atom. The van der Waals surface area contributed by atoms with E-state index in [2.05, 4.69) is 60.3 Å². The molecule has 0 bridgehead atoms. The van der Waals surface area contributed by atoms with E-state index >= 15 is 0 Å². The number of anilines is 1. The maximum atomic E-state index is 5.04. The third-order valence-electron chi connectivity index (χ3n) is 7.56. The van der Waals surface area contributed by atoms with Gasteiger partial charge in [0.25, 0.3) is 0 Å². The fourth-order valence-corrected chi connectivity index (χ4v) is 5.69. The Bertz CT molecular complexity index is 1520. The number of piperidine rings is 1. The van der Waals surface area contributed by atoms with E-state index < -0.39 is 0 Å². The molecule has 0 aliphatic carbocycles. The van der Waals surface area contributed by atoms with Crippen molar-refractivity contribution in [1.29, 1.82) is 0 Å². The number of hydrogen-bond donors (Lipinski definition) is 2. The second kappa shape index (κ2) is 9.02. The van der Waals surface area contributed by atoms with Crippen molar-refractivity contribution in [2.75, 3.05) is 31.1 Å². The van der Waals surface area contributed by atoms with Crippen LogP contribution in [0.25, 0.3) is 44.7 Å². The average molecular weight is 479 g/mol. The van der Waals surface area contributed by atoms with Crippen LogP contribution < -0.4 is 4.90 Å². The lowest BCUT2D eigenvalue weighted by Gasteiger charge is -2.28. The highest BCUT2D eigenvalue weighted by molar-refractivity contribution is 5.96. The van der Waals surface area contributed by atoms with Crippen molar-refractivity contribution < 1.29 is 0 Å². The number of aromatic nitrogens is 6. The summed E-state index contributed by atoms with van der Waals surface area (Å²) >= 11 is 0.